The van der Waals surface area contributed by atoms with Crippen molar-refractivity contribution in [1.82, 2.24) is 24.1 Å². The molecule has 0 unspecified atom stereocenters. The van der Waals surface area contributed by atoms with Crippen LogP contribution in [0, 0.1) is 0 Å². The summed E-state index contributed by atoms with van der Waals surface area (Å²) in [5, 5.41) is 9.76. The van der Waals surface area contributed by atoms with Crippen molar-refractivity contribution in [2.45, 2.75) is 50.4 Å². The van der Waals surface area contributed by atoms with Crippen LogP contribution in [0.25, 0.3) is 16.7 Å². The number of aromatic nitrogens is 4. The average molecular weight is 412 g/mol. The molecule has 29 heavy (non-hydrogen) atoms. The van der Waals surface area contributed by atoms with Crippen LogP contribution < -0.4 is 5.56 Å². The van der Waals surface area contributed by atoms with Crippen LogP contribution in [0.1, 0.15) is 32.6 Å². The summed E-state index contributed by atoms with van der Waals surface area (Å²) < 4.78 is 3.43. The van der Waals surface area contributed by atoms with Gasteiger partial charge < -0.3 is 4.90 Å². The molecule has 1 atom stereocenters. The highest BCUT2D eigenvalue weighted by Crippen LogP contribution is 2.24. The molecule has 8 heteroatoms. The number of hydrogen-bond acceptors (Lipinski definition) is 5. The van der Waals surface area contributed by atoms with E-state index < -0.39 is 0 Å². The summed E-state index contributed by atoms with van der Waals surface area (Å²) in [6.07, 6.45) is 6.00. The first-order chi connectivity index (χ1) is 14.2. The van der Waals surface area contributed by atoms with Gasteiger partial charge >= 0.3 is 0 Å². The predicted molar refractivity (Wildman–Crippen MR) is 115 cm³/mol. The Hall–Kier alpha value is -2.61. The second-order valence-corrected chi connectivity index (χ2v) is 8.22. The van der Waals surface area contributed by atoms with Gasteiger partial charge in [0, 0.05) is 19.1 Å². The van der Waals surface area contributed by atoms with Crippen LogP contribution >= 0.6 is 11.8 Å². The van der Waals surface area contributed by atoms with Gasteiger partial charge in [-0.1, -0.05) is 36.9 Å². The van der Waals surface area contributed by atoms with Gasteiger partial charge in [-0.2, -0.15) is 0 Å². The molecule has 1 aromatic carbocycles. The van der Waals surface area contributed by atoms with Crippen molar-refractivity contribution in [3.63, 3.8) is 0 Å². The molecule has 0 bridgehead atoms. The van der Waals surface area contributed by atoms with Crippen LogP contribution in [0.4, 0.5) is 0 Å². The molecule has 7 nitrogen and oxygen atoms in total. The number of thioether (sulfide) groups is 1. The van der Waals surface area contributed by atoms with Gasteiger partial charge in [0.25, 0.3) is 5.56 Å². The van der Waals surface area contributed by atoms with Crippen molar-refractivity contribution < 1.29 is 4.79 Å². The first kappa shape index (κ1) is 19.7. The van der Waals surface area contributed by atoms with Crippen molar-refractivity contribution in [3.05, 3.63) is 47.3 Å². The first-order valence-corrected chi connectivity index (χ1v) is 11.0. The van der Waals surface area contributed by atoms with E-state index in [0.29, 0.717) is 34.7 Å². The fraction of sp³-hybridized carbons (Fsp3) is 0.429. The number of para-hydroxylation sites is 1. The van der Waals surface area contributed by atoms with Crippen molar-refractivity contribution in [3.8, 4) is 0 Å². The Morgan fingerprint density at radius 3 is 2.93 bits per heavy atom. The second-order valence-electron chi connectivity index (χ2n) is 7.27. The zero-order valence-electron chi connectivity index (χ0n) is 16.6. The molecule has 2 aromatic heterocycles. The minimum absolute atomic E-state index is 0.118. The standard InChI is InChI=1S/C21H25N5O2S/c1-3-12-25-19(28)16-10-5-6-11-17(16)26-20(25)22-23-21(26)29-14-18(27)24-13-8-7-9-15(24)4-2/h3,5-6,10-11,15H,1,4,7-9,12-14H2,2H3/t15-/m0/s1. The average Bonchev–Trinajstić information content (AvgIpc) is 3.19. The van der Waals surface area contributed by atoms with Crippen LogP contribution in [-0.4, -0.2) is 48.3 Å². The minimum atomic E-state index is -0.118. The molecule has 3 aromatic rings. The van der Waals surface area contributed by atoms with Crippen LogP contribution in [-0.2, 0) is 11.3 Å². The van der Waals surface area contributed by atoms with E-state index >= 15 is 0 Å². The highest BCUT2D eigenvalue weighted by atomic mass is 32.2. The van der Waals surface area contributed by atoms with Gasteiger partial charge in [-0.05, 0) is 37.8 Å². The number of hydrogen-bond donors (Lipinski definition) is 0. The molecule has 1 aliphatic heterocycles. The van der Waals surface area contributed by atoms with Crippen LogP contribution in [0.3, 0.4) is 0 Å². The smallest absolute Gasteiger partial charge is 0.263 e. The van der Waals surface area contributed by atoms with Gasteiger partial charge in [-0.15, -0.1) is 16.8 Å². The molecule has 4 rings (SSSR count). The number of amides is 1. The summed E-state index contributed by atoms with van der Waals surface area (Å²) in [5.41, 5.74) is 0.629. The van der Waals surface area contributed by atoms with Gasteiger partial charge in [0.05, 0.1) is 16.7 Å². The van der Waals surface area contributed by atoms with E-state index in [-0.39, 0.29) is 11.5 Å². The number of piperidine rings is 1. The number of nitrogens with zero attached hydrogens (tertiary/aromatic N) is 5. The molecule has 0 saturated carbocycles. The Kier molecular flexibility index (Phi) is 5.71. The Bertz CT molecular complexity index is 1120. The molecule has 0 radical (unpaired) electrons. The Labute approximate surface area is 173 Å². The van der Waals surface area contributed by atoms with Crippen molar-refractivity contribution in [1.29, 1.82) is 0 Å². The lowest BCUT2D eigenvalue weighted by atomic mass is 10.0. The van der Waals surface area contributed by atoms with Gasteiger partial charge in [0.2, 0.25) is 11.7 Å². The van der Waals surface area contributed by atoms with E-state index in [2.05, 4.69) is 23.7 Å². The normalized spacial score (nSPS) is 17.1. The van der Waals surface area contributed by atoms with Gasteiger partial charge in [-0.3, -0.25) is 18.6 Å². The lowest BCUT2D eigenvalue weighted by Gasteiger charge is -2.35. The molecule has 0 aliphatic carbocycles. The zero-order valence-corrected chi connectivity index (χ0v) is 17.4. The lowest BCUT2D eigenvalue weighted by Crippen LogP contribution is -2.44. The fourth-order valence-corrected chi connectivity index (χ4v) is 4.91. The summed E-state index contributed by atoms with van der Waals surface area (Å²) >= 11 is 1.38. The third kappa shape index (κ3) is 3.57. The lowest BCUT2D eigenvalue weighted by molar-refractivity contribution is -0.132. The maximum atomic E-state index is 12.9. The Morgan fingerprint density at radius 1 is 1.31 bits per heavy atom. The number of likely N-dealkylation sites (tertiary alicyclic amines) is 1. The molecule has 1 saturated heterocycles. The Balaban J connectivity index is 1.69. The van der Waals surface area contributed by atoms with Crippen molar-refractivity contribution in [2.75, 3.05) is 12.3 Å². The number of fused-ring (bicyclic) bond motifs is 3. The Morgan fingerprint density at radius 2 is 2.14 bits per heavy atom. The van der Waals surface area contributed by atoms with Gasteiger partial charge in [0.15, 0.2) is 5.16 Å². The van der Waals surface area contributed by atoms with Crippen LogP contribution in [0.5, 0.6) is 0 Å². The summed E-state index contributed by atoms with van der Waals surface area (Å²) in [6, 6.07) is 7.75. The number of rotatable bonds is 6. The van der Waals surface area contributed by atoms with Crippen molar-refractivity contribution in [2.24, 2.45) is 0 Å². The molecule has 1 aliphatic rings. The topological polar surface area (TPSA) is 72.5 Å². The third-order valence-electron chi connectivity index (χ3n) is 5.53. The monoisotopic (exact) mass is 411 g/mol. The molecule has 152 valence electrons. The van der Waals surface area contributed by atoms with Crippen LogP contribution in [0.15, 0.2) is 46.9 Å². The highest BCUT2D eigenvalue weighted by Gasteiger charge is 2.26. The molecule has 0 N–H and O–H groups in total. The van der Waals surface area contributed by atoms with Gasteiger partial charge in [-0.25, -0.2) is 0 Å². The predicted octanol–water partition coefficient (Wildman–Crippen LogP) is 3.11. The number of allylic oxidation sites excluding steroid dienone is 1. The van der Waals surface area contributed by atoms with E-state index in [4.69, 9.17) is 0 Å². The zero-order chi connectivity index (χ0) is 20.4. The van der Waals surface area contributed by atoms with E-state index in [1.807, 2.05) is 27.5 Å². The summed E-state index contributed by atoms with van der Waals surface area (Å²) in [7, 11) is 0. The van der Waals surface area contributed by atoms with E-state index in [1.165, 1.54) is 18.2 Å². The largest absolute Gasteiger partial charge is 0.339 e. The summed E-state index contributed by atoms with van der Waals surface area (Å²) in [4.78, 5) is 27.7. The summed E-state index contributed by atoms with van der Waals surface area (Å²) in [6.45, 7) is 7.07. The van der Waals surface area contributed by atoms with Crippen LogP contribution in [0.2, 0.25) is 0 Å². The second kappa shape index (κ2) is 8.41. The third-order valence-corrected chi connectivity index (χ3v) is 6.45. The fourth-order valence-electron chi connectivity index (χ4n) is 4.08. The van der Waals surface area contributed by atoms with E-state index in [1.54, 1.807) is 16.7 Å². The molecule has 3 heterocycles. The summed E-state index contributed by atoms with van der Waals surface area (Å²) in [5.74, 6) is 0.918. The van der Waals surface area contributed by atoms with E-state index in [0.717, 1.165) is 31.3 Å². The van der Waals surface area contributed by atoms with E-state index in [9.17, 15) is 9.59 Å². The maximum Gasteiger partial charge on any atom is 0.263 e. The number of carbonyl (C=O) groups excluding carboxylic acids is 1. The quantitative estimate of drug-likeness (QED) is 0.460. The number of carbonyl (C=O) groups is 1. The van der Waals surface area contributed by atoms with Crippen molar-refractivity contribution >= 4 is 34.3 Å². The SMILES string of the molecule is C=CCn1c(=O)c2ccccc2n2c(SCC(=O)N3CCCC[C@@H]3CC)nnc12. The first-order valence-electron chi connectivity index (χ1n) is 10.1. The molecular weight excluding hydrogens is 386 g/mol. The highest BCUT2D eigenvalue weighted by molar-refractivity contribution is 7.99. The van der Waals surface area contributed by atoms with Gasteiger partial charge in [0.1, 0.15) is 0 Å². The minimum Gasteiger partial charge on any atom is -0.339 e. The molecule has 0 spiro atoms. The molecule has 1 amide bonds. The molecular formula is C21H25N5O2S. The maximum absolute atomic E-state index is 12.9. The number of benzene rings is 1. The molecule has 1 fully saturated rings.